The quantitative estimate of drug-likeness (QED) is 0.0630. The largest absolute Gasteiger partial charge is 0.499 e. The van der Waals surface area contributed by atoms with Crippen LogP contribution in [0.2, 0.25) is 0 Å². The normalized spacial score (nSPS) is 14.0. The number of nitro benzene ring substituents is 2. The maximum absolute atomic E-state index is 14.5. The van der Waals surface area contributed by atoms with Gasteiger partial charge in [0.25, 0.3) is 11.4 Å². The Labute approximate surface area is 254 Å². The van der Waals surface area contributed by atoms with Crippen molar-refractivity contribution in [3.8, 4) is 11.5 Å². The zero-order valence-corrected chi connectivity index (χ0v) is 25.0. The standard InChI is InChI=1S/C30H33N2O11P/c1-3-18-38-20-28(22-40-26-14-10-24(11-15-26)31(33)34)42-44(37,30-8-6-5-7-9-30)43-29(21-39-19-4-2)23-41-27-16-12-25(13-17-27)32(35)36/h3-19,28-29H,20-23H2,1-2H3/b18-3-,19-4+. The number of nitrogens with zero attached hydrogens (tertiary/aromatic N) is 2. The Kier molecular flexibility index (Phi) is 13.4. The zero-order valence-electron chi connectivity index (χ0n) is 24.1. The first-order valence-electron chi connectivity index (χ1n) is 13.5. The van der Waals surface area contributed by atoms with Gasteiger partial charge in [-0.25, -0.2) is 0 Å². The van der Waals surface area contributed by atoms with Crippen LogP contribution >= 0.6 is 7.60 Å². The van der Waals surface area contributed by atoms with Gasteiger partial charge in [-0.1, -0.05) is 30.4 Å². The summed E-state index contributed by atoms with van der Waals surface area (Å²) in [5, 5.41) is 22.2. The molecule has 0 saturated carbocycles. The first-order valence-corrected chi connectivity index (χ1v) is 15.0. The van der Waals surface area contributed by atoms with Gasteiger partial charge in [0.2, 0.25) is 0 Å². The van der Waals surface area contributed by atoms with Crippen molar-refractivity contribution in [2.75, 3.05) is 26.4 Å². The maximum Gasteiger partial charge on any atom is 0.362 e. The van der Waals surface area contributed by atoms with E-state index in [0.29, 0.717) is 11.5 Å². The summed E-state index contributed by atoms with van der Waals surface area (Å²) in [5.74, 6) is 0.666. The van der Waals surface area contributed by atoms with Crippen LogP contribution in [0.25, 0.3) is 0 Å². The van der Waals surface area contributed by atoms with Crippen LogP contribution < -0.4 is 14.8 Å². The Bertz CT molecular complexity index is 1340. The van der Waals surface area contributed by atoms with E-state index in [-0.39, 0.29) is 43.1 Å². The molecular weight excluding hydrogens is 595 g/mol. The second-order valence-corrected chi connectivity index (χ2v) is 11.0. The molecule has 0 heterocycles. The van der Waals surface area contributed by atoms with Crippen LogP contribution in [-0.4, -0.2) is 48.5 Å². The average molecular weight is 629 g/mol. The van der Waals surface area contributed by atoms with E-state index in [1.165, 1.54) is 61.1 Å². The van der Waals surface area contributed by atoms with Crippen molar-refractivity contribution in [3.63, 3.8) is 0 Å². The lowest BCUT2D eigenvalue weighted by atomic mass is 10.3. The second kappa shape index (κ2) is 17.4. The molecule has 3 aromatic carbocycles. The predicted molar refractivity (Wildman–Crippen MR) is 162 cm³/mol. The lowest BCUT2D eigenvalue weighted by Gasteiger charge is -2.28. The van der Waals surface area contributed by atoms with Crippen molar-refractivity contribution in [2.24, 2.45) is 0 Å². The van der Waals surface area contributed by atoms with Gasteiger partial charge in [-0.15, -0.1) is 0 Å². The molecule has 3 aromatic rings. The number of non-ortho nitro benzene ring substituents is 2. The fourth-order valence-electron chi connectivity index (χ4n) is 3.59. The van der Waals surface area contributed by atoms with Gasteiger partial charge >= 0.3 is 7.60 Å². The fourth-order valence-corrected chi connectivity index (χ4v) is 5.45. The molecule has 234 valence electrons. The molecule has 0 spiro atoms. The summed E-state index contributed by atoms with van der Waals surface area (Å²) >= 11 is 0. The molecule has 0 aliphatic rings. The highest BCUT2D eigenvalue weighted by atomic mass is 31.2. The first kappa shape index (κ1) is 33.8. The van der Waals surface area contributed by atoms with E-state index in [0.717, 1.165) is 0 Å². The molecule has 44 heavy (non-hydrogen) atoms. The molecule has 0 fully saturated rings. The summed E-state index contributed by atoms with van der Waals surface area (Å²) in [5.41, 5.74) is -0.184. The maximum atomic E-state index is 14.5. The molecule has 0 saturated heterocycles. The van der Waals surface area contributed by atoms with Crippen molar-refractivity contribution in [3.05, 3.63) is 124 Å². The van der Waals surface area contributed by atoms with E-state index in [4.69, 9.17) is 28.0 Å². The topological polar surface area (TPSA) is 159 Å². The molecule has 3 atom stereocenters. The smallest absolute Gasteiger partial charge is 0.362 e. The van der Waals surface area contributed by atoms with Gasteiger partial charge in [0, 0.05) is 24.3 Å². The summed E-state index contributed by atoms with van der Waals surface area (Å²) in [6.45, 7) is 3.15. The summed E-state index contributed by atoms with van der Waals surface area (Å²) in [6, 6.07) is 19.3. The predicted octanol–water partition coefficient (Wildman–Crippen LogP) is 6.35. The molecular formula is C30H33N2O11P. The molecule has 0 aliphatic carbocycles. The Balaban J connectivity index is 1.83. The third-order valence-electron chi connectivity index (χ3n) is 5.64. The Morgan fingerprint density at radius 3 is 1.43 bits per heavy atom. The number of hydrogen-bond acceptors (Lipinski definition) is 11. The molecule has 3 unspecified atom stereocenters. The minimum absolute atomic E-state index is 0.0590. The van der Waals surface area contributed by atoms with E-state index in [2.05, 4.69) is 0 Å². The van der Waals surface area contributed by atoms with E-state index in [9.17, 15) is 24.8 Å². The molecule has 0 amide bonds. The van der Waals surface area contributed by atoms with Crippen molar-refractivity contribution < 1.29 is 42.4 Å². The van der Waals surface area contributed by atoms with Crippen LogP contribution in [0, 0.1) is 20.2 Å². The molecule has 0 radical (unpaired) electrons. The summed E-state index contributed by atoms with van der Waals surface area (Å²) in [6.07, 6.45) is 4.40. The van der Waals surface area contributed by atoms with E-state index in [1.54, 1.807) is 56.3 Å². The van der Waals surface area contributed by atoms with Gasteiger partial charge in [-0.3, -0.25) is 33.8 Å². The van der Waals surface area contributed by atoms with Crippen LogP contribution in [0.1, 0.15) is 13.8 Å². The van der Waals surface area contributed by atoms with Crippen molar-refractivity contribution >= 4 is 24.3 Å². The highest BCUT2D eigenvalue weighted by Gasteiger charge is 2.36. The Hall–Kier alpha value is -4.71. The zero-order chi connectivity index (χ0) is 31.8. The molecule has 0 bridgehead atoms. The highest BCUT2D eigenvalue weighted by Crippen LogP contribution is 2.49. The minimum atomic E-state index is -4.11. The van der Waals surface area contributed by atoms with Crippen molar-refractivity contribution in [2.45, 2.75) is 26.1 Å². The SMILES string of the molecule is C/C=C\OCC(COc1ccc([N+](=O)[O-])cc1)OP(=O)(OC(CO/C=C/C)COc1ccc([N+](=O)[O-])cc1)c1ccccc1. The van der Waals surface area contributed by atoms with Gasteiger partial charge < -0.3 is 18.9 Å². The summed E-state index contributed by atoms with van der Waals surface area (Å²) < 4.78 is 49.4. The molecule has 0 aromatic heterocycles. The van der Waals surface area contributed by atoms with Crippen molar-refractivity contribution in [1.82, 2.24) is 0 Å². The summed E-state index contributed by atoms with van der Waals surface area (Å²) in [4.78, 5) is 20.9. The summed E-state index contributed by atoms with van der Waals surface area (Å²) in [7, 11) is -4.11. The van der Waals surface area contributed by atoms with Crippen LogP contribution in [0.15, 0.2) is 104 Å². The van der Waals surface area contributed by atoms with E-state index < -0.39 is 29.7 Å². The Morgan fingerprint density at radius 2 is 1.07 bits per heavy atom. The minimum Gasteiger partial charge on any atom is -0.499 e. The highest BCUT2D eigenvalue weighted by molar-refractivity contribution is 7.62. The van der Waals surface area contributed by atoms with Crippen LogP contribution in [0.5, 0.6) is 11.5 Å². The molecule has 14 heteroatoms. The second-order valence-electron chi connectivity index (χ2n) is 9.02. The third kappa shape index (κ3) is 10.8. The van der Waals surface area contributed by atoms with Crippen molar-refractivity contribution in [1.29, 1.82) is 0 Å². The third-order valence-corrected chi connectivity index (χ3v) is 7.73. The molecule has 13 nitrogen and oxygen atoms in total. The van der Waals surface area contributed by atoms with Gasteiger partial charge in [0.15, 0.2) is 0 Å². The van der Waals surface area contributed by atoms with Crippen LogP contribution in [0.3, 0.4) is 0 Å². The van der Waals surface area contributed by atoms with E-state index >= 15 is 0 Å². The van der Waals surface area contributed by atoms with Gasteiger partial charge in [0.05, 0.1) is 27.7 Å². The number of hydrogen-bond donors (Lipinski definition) is 0. The van der Waals surface area contributed by atoms with E-state index in [1.807, 2.05) is 0 Å². The first-order chi connectivity index (χ1) is 21.2. The number of benzene rings is 3. The number of ether oxygens (including phenoxy) is 4. The average Bonchev–Trinajstić information content (AvgIpc) is 3.03. The Morgan fingerprint density at radius 1 is 0.659 bits per heavy atom. The molecule has 0 aliphatic heterocycles. The fraction of sp³-hybridized carbons (Fsp3) is 0.267. The lowest BCUT2D eigenvalue weighted by molar-refractivity contribution is -0.385. The molecule has 3 rings (SSSR count). The van der Waals surface area contributed by atoms with Gasteiger partial charge in [0.1, 0.15) is 50.1 Å². The van der Waals surface area contributed by atoms with Crippen LogP contribution in [0.4, 0.5) is 11.4 Å². The lowest BCUT2D eigenvalue weighted by Crippen LogP contribution is -2.32. The van der Waals surface area contributed by atoms with Gasteiger partial charge in [-0.05, 0) is 50.2 Å². The number of nitro groups is 2. The van der Waals surface area contributed by atoms with Crippen LogP contribution in [-0.2, 0) is 23.1 Å². The van der Waals surface area contributed by atoms with Gasteiger partial charge in [-0.2, -0.15) is 0 Å². The molecule has 0 N–H and O–H groups in total. The monoisotopic (exact) mass is 628 g/mol. The number of rotatable bonds is 19. The number of allylic oxidation sites excluding steroid dienone is 2.